The molecule has 0 bridgehead atoms. The van der Waals surface area contributed by atoms with Crippen molar-refractivity contribution in [3.05, 3.63) is 53.0 Å². The number of hydrogen-bond acceptors (Lipinski definition) is 4. The highest BCUT2D eigenvalue weighted by atomic mass is 32.2. The highest BCUT2D eigenvalue weighted by Gasteiger charge is 2.25. The summed E-state index contributed by atoms with van der Waals surface area (Å²) in [5.74, 6) is 0.459. The summed E-state index contributed by atoms with van der Waals surface area (Å²) in [5, 5.41) is 2.46. The van der Waals surface area contributed by atoms with Crippen LogP contribution in [0, 0.1) is 6.92 Å². The molecule has 2 amide bonds. The smallest absolute Gasteiger partial charge is 0.333 e. The molecule has 2 N–H and O–H groups in total. The first-order valence-electron chi connectivity index (χ1n) is 8.88. The van der Waals surface area contributed by atoms with E-state index in [1.807, 2.05) is 4.72 Å². The normalized spacial score (nSPS) is 23.3. The lowest BCUT2D eigenvalue weighted by molar-refractivity contribution is 0.248. The molecule has 0 spiro atoms. The molecular formula is C19H24N2O4S. The number of nitrogens with one attached hydrogen (secondary N) is 2. The first-order valence-corrected chi connectivity index (χ1v) is 10.4. The van der Waals surface area contributed by atoms with Crippen molar-refractivity contribution < 1.29 is 17.6 Å². The predicted octanol–water partition coefficient (Wildman–Crippen LogP) is 4.07. The predicted molar refractivity (Wildman–Crippen MR) is 98.9 cm³/mol. The van der Waals surface area contributed by atoms with Crippen LogP contribution in [0.5, 0.6) is 0 Å². The number of urea groups is 1. The van der Waals surface area contributed by atoms with Crippen LogP contribution in [-0.4, -0.2) is 14.4 Å². The zero-order chi connectivity index (χ0) is 18.7. The number of amides is 2. The molecule has 7 heteroatoms. The number of fused-ring (bicyclic) bond motifs is 1. The van der Waals surface area contributed by atoms with Gasteiger partial charge in [-0.25, -0.2) is 9.52 Å². The Labute approximate surface area is 154 Å². The van der Waals surface area contributed by atoms with Crippen molar-refractivity contribution in [3.8, 4) is 0 Å². The summed E-state index contributed by atoms with van der Waals surface area (Å²) in [4.78, 5) is 12.4. The van der Waals surface area contributed by atoms with Crippen LogP contribution < -0.4 is 10.0 Å². The molecule has 0 unspecified atom stereocenters. The quantitative estimate of drug-likeness (QED) is 0.832. The molecule has 1 heterocycles. The number of furan rings is 1. The van der Waals surface area contributed by atoms with E-state index < -0.39 is 16.1 Å². The van der Waals surface area contributed by atoms with Gasteiger partial charge in [0.05, 0.1) is 0 Å². The van der Waals surface area contributed by atoms with Gasteiger partial charge in [-0.15, -0.1) is 0 Å². The van der Waals surface area contributed by atoms with Crippen molar-refractivity contribution in [2.45, 2.75) is 57.0 Å². The second kappa shape index (κ2) is 7.53. The second-order valence-electron chi connectivity index (χ2n) is 6.71. The van der Waals surface area contributed by atoms with E-state index in [-0.39, 0.29) is 5.09 Å². The Morgan fingerprint density at radius 3 is 2.69 bits per heavy atom. The van der Waals surface area contributed by atoms with E-state index in [0.29, 0.717) is 11.5 Å². The molecule has 6 nitrogen and oxygen atoms in total. The molecule has 140 valence electrons. The maximum Gasteiger partial charge on any atom is 0.333 e. The van der Waals surface area contributed by atoms with Gasteiger partial charge in [-0.3, -0.25) is 0 Å². The van der Waals surface area contributed by atoms with Gasteiger partial charge < -0.3 is 9.73 Å². The fraction of sp³-hybridized carbons (Fsp3) is 0.421. The van der Waals surface area contributed by atoms with Crippen molar-refractivity contribution in [1.29, 1.82) is 0 Å². The number of carbonyl (C=O) groups excluding carboxylic acids is 1. The summed E-state index contributed by atoms with van der Waals surface area (Å²) in [6, 6.07) is 2.06. The summed E-state index contributed by atoms with van der Waals surface area (Å²) in [6.45, 7) is 5.75. The monoisotopic (exact) mass is 376 g/mol. The zero-order valence-corrected chi connectivity index (χ0v) is 15.7. The van der Waals surface area contributed by atoms with Gasteiger partial charge in [-0.05, 0) is 80.7 Å². The van der Waals surface area contributed by atoms with Crippen LogP contribution in [0.1, 0.15) is 50.7 Å². The fourth-order valence-corrected chi connectivity index (χ4v) is 4.29. The Morgan fingerprint density at radius 2 is 1.96 bits per heavy atom. The van der Waals surface area contributed by atoms with E-state index in [4.69, 9.17) is 4.42 Å². The number of carbonyl (C=O) groups is 1. The van der Waals surface area contributed by atoms with Crippen LogP contribution in [0.4, 0.5) is 4.79 Å². The van der Waals surface area contributed by atoms with E-state index in [1.54, 1.807) is 6.92 Å². The molecule has 0 radical (unpaired) electrons. The first kappa shape index (κ1) is 18.5. The molecule has 26 heavy (non-hydrogen) atoms. The minimum absolute atomic E-state index is 0.280. The minimum Gasteiger partial charge on any atom is -0.448 e. The van der Waals surface area contributed by atoms with Crippen molar-refractivity contribution in [2.24, 2.45) is 0 Å². The zero-order valence-electron chi connectivity index (χ0n) is 14.9. The Morgan fingerprint density at radius 1 is 1.15 bits per heavy atom. The first-order chi connectivity index (χ1) is 12.4. The summed E-state index contributed by atoms with van der Waals surface area (Å²) < 4.78 is 31.7. The van der Waals surface area contributed by atoms with E-state index >= 15 is 0 Å². The summed E-state index contributed by atoms with van der Waals surface area (Å²) in [7, 11) is -4.05. The second-order valence-corrected chi connectivity index (χ2v) is 8.32. The van der Waals surface area contributed by atoms with Crippen LogP contribution >= 0.6 is 0 Å². The summed E-state index contributed by atoms with van der Waals surface area (Å²) >= 11 is 0. The van der Waals surface area contributed by atoms with Gasteiger partial charge >= 0.3 is 6.03 Å². The van der Waals surface area contributed by atoms with Crippen molar-refractivity contribution in [1.82, 2.24) is 10.0 Å². The number of aryl methyl sites for hydroxylation is 1. The summed E-state index contributed by atoms with van der Waals surface area (Å²) in [6.07, 6.45) is 9.01. The number of rotatable bonds is 3. The van der Waals surface area contributed by atoms with Crippen molar-refractivity contribution in [2.75, 3.05) is 0 Å². The lowest BCUT2D eigenvalue weighted by Gasteiger charge is -2.16. The van der Waals surface area contributed by atoms with E-state index in [9.17, 15) is 13.2 Å². The lowest BCUT2D eigenvalue weighted by atomic mass is 10.0. The maximum absolute atomic E-state index is 12.4. The van der Waals surface area contributed by atoms with E-state index in [2.05, 4.69) is 18.0 Å². The minimum atomic E-state index is -4.05. The van der Waals surface area contributed by atoms with Crippen LogP contribution in [0.3, 0.4) is 0 Å². The molecule has 2 aliphatic rings. The third-order valence-electron chi connectivity index (χ3n) is 4.69. The highest BCUT2D eigenvalue weighted by molar-refractivity contribution is 7.89. The Balaban J connectivity index is 1.82. The number of hydrogen-bond donors (Lipinski definition) is 2. The Hall–Kier alpha value is -2.28. The molecule has 1 fully saturated rings. The van der Waals surface area contributed by atoms with Gasteiger partial charge in [0, 0.05) is 5.70 Å². The van der Waals surface area contributed by atoms with E-state index in [1.165, 1.54) is 17.7 Å². The average Bonchev–Trinajstić information content (AvgIpc) is 3.20. The standard InChI is InChI=1S/C19H24N2O4S/c1-13-7-4-3-5-8-15-9-6-10-16(15)18(13)20-19(22)21-26(23,24)17-12-11-14(2)25-17/h8,11-12H,1,3-7,9-10H2,2H3,(H2,20,21,22)/b15-8-,18-16+. The van der Waals surface area contributed by atoms with Crippen LogP contribution in [0.2, 0.25) is 0 Å². The Bertz CT molecular complexity index is 890. The molecule has 0 aromatic carbocycles. The molecule has 1 saturated carbocycles. The van der Waals surface area contributed by atoms with Gasteiger partial charge in [-0.2, -0.15) is 8.42 Å². The lowest BCUT2D eigenvalue weighted by Crippen LogP contribution is -2.39. The number of allylic oxidation sites excluding steroid dienone is 4. The number of sulfonamides is 1. The van der Waals surface area contributed by atoms with Gasteiger partial charge in [0.15, 0.2) is 0 Å². The molecule has 0 saturated heterocycles. The molecule has 0 aliphatic heterocycles. The van der Waals surface area contributed by atoms with Gasteiger partial charge in [0.25, 0.3) is 10.0 Å². The molecule has 3 rings (SSSR count). The third kappa shape index (κ3) is 4.09. The molecule has 1 aromatic heterocycles. The van der Waals surface area contributed by atoms with Gasteiger partial charge in [0.1, 0.15) is 5.76 Å². The van der Waals surface area contributed by atoms with Crippen LogP contribution in [0.15, 0.2) is 56.7 Å². The molecule has 0 atom stereocenters. The van der Waals surface area contributed by atoms with Crippen molar-refractivity contribution >= 4 is 16.1 Å². The van der Waals surface area contributed by atoms with E-state index in [0.717, 1.165) is 56.1 Å². The van der Waals surface area contributed by atoms with Crippen molar-refractivity contribution in [3.63, 3.8) is 0 Å². The Kier molecular flexibility index (Phi) is 5.36. The highest BCUT2D eigenvalue weighted by Crippen LogP contribution is 2.36. The topological polar surface area (TPSA) is 88.4 Å². The third-order valence-corrected chi connectivity index (χ3v) is 5.89. The maximum atomic E-state index is 12.4. The SMILES string of the molecule is C=C1CCCC/C=C2/CCC/C2=C/1NC(=O)NS(=O)(=O)c1ccc(C)o1. The fourth-order valence-electron chi connectivity index (χ4n) is 3.41. The van der Waals surface area contributed by atoms with Gasteiger partial charge in [0.2, 0.25) is 5.09 Å². The average molecular weight is 376 g/mol. The molecular weight excluding hydrogens is 352 g/mol. The van der Waals surface area contributed by atoms with Gasteiger partial charge in [-0.1, -0.05) is 12.7 Å². The molecule has 1 aromatic rings. The summed E-state index contributed by atoms with van der Waals surface area (Å²) in [5.41, 5.74) is 3.83. The largest absolute Gasteiger partial charge is 0.448 e. The molecule has 2 aliphatic carbocycles. The van der Waals surface area contributed by atoms with Crippen LogP contribution in [-0.2, 0) is 10.0 Å². The van der Waals surface area contributed by atoms with Crippen LogP contribution in [0.25, 0.3) is 0 Å².